The van der Waals surface area contributed by atoms with E-state index in [0.717, 1.165) is 5.69 Å². The molecule has 0 aliphatic rings. The molecule has 1 atom stereocenters. The summed E-state index contributed by atoms with van der Waals surface area (Å²) < 4.78 is 37.0. The van der Waals surface area contributed by atoms with E-state index in [1.54, 1.807) is 7.05 Å². The highest BCUT2D eigenvalue weighted by atomic mass is 127. The van der Waals surface area contributed by atoms with Gasteiger partial charge in [-0.15, -0.1) is 24.0 Å². The Morgan fingerprint density at radius 2 is 1.74 bits per heavy atom. The average Bonchev–Trinajstić information content (AvgIpc) is 2.68. The zero-order valence-electron chi connectivity index (χ0n) is 18.4. The van der Waals surface area contributed by atoms with Gasteiger partial charge in [-0.25, -0.2) is 12.8 Å². The van der Waals surface area contributed by atoms with Crippen LogP contribution in [0.25, 0.3) is 0 Å². The van der Waals surface area contributed by atoms with Gasteiger partial charge in [0.25, 0.3) is 0 Å². The number of anilines is 1. The fourth-order valence-corrected chi connectivity index (χ4v) is 3.84. The lowest BCUT2D eigenvalue weighted by atomic mass is 10.0. The monoisotopic (exact) mass is 562 g/mol. The minimum atomic E-state index is -3.22. The van der Waals surface area contributed by atoms with Crippen molar-refractivity contribution in [1.29, 1.82) is 0 Å². The van der Waals surface area contributed by atoms with Gasteiger partial charge < -0.3 is 16.0 Å². The van der Waals surface area contributed by atoms with E-state index in [-0.39, 0.29) is 42.3 Å². The Morgan fingerprint density at radius 3 is 2.32 bits per heavy atom. The van der Waals surface area contributed by atoms with E-state index in [9.17, 15) is 12.8 Å². The number of halogens is 2. The molecule has 3 N–H and O–H groups in total. The molecule has 0 saturated carbocycles. The molecule has 0 aromatic heterocycles. The predicted octanol–water partition coefficient (Wildman–Crippen LogP) is 3.79. The third-order valence-electron chi connectivity index (χ3n) is 4.68. The fourth-order valence-electron chi connectivity index (χ4n) is 2.99. The van der Waals surface area contributed by atoms with Crippen LogP contribution in [0.15, 0.2) is 53.5 Å². The molecule has 2 aromatic rings. The summed E-state index contributed by atoms with van der Waals surface area (Å²) in [6, 6.07) is 14.3. The Hall–Kier alpha value is -1.88. The zero-order valence-corrected chi connectivity index (χ0v) is 21.5. The molecular weight excluding hydrogens is 530 g/mol. The van der Waals surface area contributed by atoms with Gasteiger partial charge in [0.05, 0.1) is 5.75 Å². The third kappa shape index (κ3) is 9.86. The molecule has 0 radical (unpaired) electrons. The second kappa shape index (κ2) is 12.8. The first-order chi connectivity index (χ1) is 14.2. The molecule has 31 heavy (non-hydrogen) atoms. The van der Waals surface area contributed by atoms with Crippen molar-refractivity contribution in [3.8, 4) is 0 Å². The van der Waals surface area contributed by atoms with Crippen molar-refractivity contribution in [2.24, 2.45) is 10.9 Å². The van der Waals surface area contributed by atoms with E-state index >= 15 is 0 Å². The quantitative estimate of drug-likeness (QED) is 0.246. The summed E-state index contributed by atoms with van der Waals surface area (Å²) in [5.74, 6) is 0.400. The number of sulfone groups is 1. The van der Waals surface area contributed by atoms with Crippen LogP contribution in [0.1, 0.15) is 25.0 Å². The second-order valence-electron chi connectivity index (χ2n) is 7.65. The summed E-state index contributed by atoms with van der Waals surface area (Å²) in [4.78, 5) is 4.22. The summed E-state index contributed by atoms with van der Waals surface area (Å²) >= 11 is 0. The van der Waals surface area contributed by atoms with Crippen molar-refractivity contribution in [2.45, 2.75) is 32.2 Å². The van der Waals surface area contributed by atoms with Crippen LogP contribution < -0.4 is 16.0 Å². The van der Waals surface area contributed by atoms with Gasteiger partial charge in [0.1, 0.15) is 5.82 Å². The molecule has 6 nitrogen and oxygen atoms in total. The highest BCUT2D eigenvalue weighted by Crippen LogP contribution is 2.15. The Morgan fingerprint density at radius 1 is 1.06 bits per heavy atom. The SMILES string of the molecule is CN=C(NCc1cc(F)ccc1CS(C)(=O)=O)NCC(Nc1ccccc1)C(C)C.I. The maximum atomic E-state index is 13.7. The van der Waals surface area contributed by atoms with E-state index in [4.69, 9.17) is 0 Å². The number of para-hydroxylation sites is 1. The maximum Gasteiger partial charge on any atom is 0.191 e. The van der Waals surface area contributed by atoms with E-state index in [1.807, 2.05) is 30.3 Å². The van der Waals surface area contributed by atoms with Gasteiger partial charge in [-0.1, -0.05) is 38.1 Å². The van der Waals surface area contributed by atoms with Crippen molar-refractivity contribution in [3.05, 3.63) is 65.5 Å². The number of rotatable bonds is 9. The summed E-state index contributed by atoms with van der Waals surface area (Å²) in [6.07, 6.45) is 1.17. The number of nitrogens with one attached hydrogen (secondary N) is 3. The molecule has 0 saturated heterocycles. The Kier molecular flexibility index (Phi) is 11.3. The first-order valence-corrected chi connectivity index (χ1v) is 11.9. The maximum absolute atomic E-state index is 13.7. The minimum Gasteiger partial charge on any atom is -0.380 e. The van der Waals surface area contributed by atoms with Crippen molar-refractivity contribution < 1.29 is 12.8 Å². The van der Waals surface area contributed by atoms with Crippen molar-refractivity contribution >= 4 is 45.5 Å². The van der Waals surface area contributed by atoms with Crippen LogP contribution in [0, 0.1) is 11.7 Å². The second-order valence-corrected chi connectivity index (χ2v) is 9.79. The molecule has 0 spiro atoms. The van der Waals surface area contributed by atoms with E-state index < -0.39 is 15.7 Å². The van der Waals surface area contributed by atoms with Gasteiger partial charge in [-0.3, -0.25) is 4.99 Å². The number of hydrogen-bond donors (Lipinski definition) is 3. The lowest BCUT2D eigenvalue weighted by molar-refractivity contribution is 0.512. The van der Waals surface area contributed by atoms with E-state index in [2.05, 4.69) is 34.8 Å². The standard InChI is InChI=1S/C22H31FN4O2S.HI/c1-16(2)21(27-20-8-6-5-7-9-20)14-26-22(24-3)25-13-18-12-19(23)11-10-17(18)15-30(4,28)29;/h5-12,16,21,27H,13-15H2,1-4H3,(H2,24,25,26);1H. The average molecular weight is 562 g/mol. The zero-order chi connectivity index (χ0) is 22.1. The Bertz CT molecular complexity index is 953. The van der Waals surface area contributed by atoms with Crippen LogP contribution in [-0.4, -0.2) is 40.3 Å². The third-order valence-corrected chi connectivity index (χ3v) is 5.51. The van der Waals surface area contributed by atoms with Crippen LogP contribution in [0.5, 0.6) is 0 Å². The highest BCUT2D eigenvalue weighted by Gasteiger charge is 2.15. The summed E-state index contributed by atoms with van der Waals surface area (Å²) in [6.45, 7) is 5.18. The molecule has 2 rings (SSSR count). The summed E-state index contributed by atoms with van der Waals surface area (Å²) in [5, 5.41) is 9.95. The molecule has 172 valence electrons. The molecule has 0 aliphatic carbocycles. The van der Waals surface area contributed by atoms with E-state index in [0.29, 0.717) is 29.5 Å². The molecular formula is C22H32FIN4O2S. The van der Waals surface area contributed by atoms with Gasteiger partial charge in [-0.2, -0.15) is 0 Å². The van der Waals surface area contributed by atoms with Crippen molar-refractivity contribution in [1.82, 2.24) is 10.6 Å². The van der Waals surface area contributed by atoms with Crippen LogP contribution >= 0.6 is 24.0 Å². The van der Waals surface area contributed by atoms with Crippen molar-refractivity contribution in [2.75, 3.05) is 25.2 Å². The van der Waals surface area contributed by atoms with Crippen LogP contribution in [0.4, 0.5) is 10.1 Å². The van der Waals surface area contributed by atoms with Crippen LogP contribution in [-0.2, 0) is 22.1 Å². The molecule has 1 unspecified atom stereocenters. The molecule has 0 aliphatic heterocycles. The first kappa shape index (κ1) is 27.2. The number of benzene rings is 2. The van der Waals surface area contributed by atoms with Gasteiger partial charge in [-0.05, 0) is 41.3 Å². The molecule has 0 fully saturated rings. The molecule has 2 aromatic carbocycles. The molecule has 0 bridgehead atoms. The fraction of sp³-hybridized carbons (Fsp3) is 0.409. The largest absolute Gasteiger partial charge is 0.380 e. The van der Waals surface area contributed by atoms with Crippen LogP contribution in [0.2, 0.25) is 0 Å². The number of hydrogen-bond acceptors (Lipinski definition) is 4. The lowest BCUT2D eigenvalue weighted by Gasteiger charge is -2.25. The smallest absolute Gasteiger partial charge is 0.191 e. The normalized spacial score (nSPS) is 12.8. The van der Waals surface area contributed by atoms with Gasteiger partial charge in [0.15, 0.2) is 15.8 Å². The topological polar surface area (TPSA) is 82.6 Å². The number of aliphatic imine (C=N–C) groups is 1. The Balaban J connectivity index is 0.00000480. The van der Waals surface area contributed by atoms with Crippen molar-refractivity contribution in [3.63, 3.8) is 0 Å². The van der Waals surface area contributed by atoms with Crippen LogP contribution in [0.3, 0.4) is 0 Å². The number of guanidine groups is 1. The van der Waals surface area contributed by atoms with Gasteiger partial charge >= 0.3 is 0 Å². The first-order valence-electron chi connectivity index (χ1n) is 9.89. The number of nitrogens with zero attached hydrogens (tertiary/aromatic N) is 1. The summed E-state index contributed by atoms with van der Waals surface area (Å²) in [7, 11) is -1.56. The molecule has 0 amide bonds. The van der Waals surface area contributed by atoms with Gasteiger partial charge in [0.2, 0.25) is 0 Å². The minimum absolute atomic E-state index is 0. The van der Waals surface area contributed by atoms with E-state index in [1.165, 1.54) is 24.5 Å². The predicted molar refractivity (Wildman–Crippen MR) is 137 cm³/mol. The molecule has 9 heteroatoms. The van der Waals surface area contributed by atoms with Gasteiger partial charge in [0, 0.05) is 38.1 Å². The highest BCUT2D eigenvalue weighted by molar-refractivity contribution is 14.0. The summed E-state index contributed by atoms with van der Waals surface area (Å²) in [5.41, 5.74) is 2.21. The lowest BCUT2D eigenvalue weighted by Crippen LogP contribution is -2.44. The Labute approximate surface area is 202 Å². The molecule has 0 heterocycles.